The maximum absolute atomic E-state index is 11.5. The first kappa shape index (κ1) is 14.5. The van der Waals surface area contributed by atoms with Gasteiger partial charge in [0.15, 0.2) is 6.21 Å². The minimum atomic E-state index is -0.378. The molecule has 0 bridgehead atoms. The van der Waals surface area contributed by atoms with Gasteiger partial charge in [0, 0.05) is 19.0 Å². The molecule has 1 amide bonds. The van der Waals surface area contributed by atoms with Gasteiger partial charge in [-0.3, -0.25) is 4.79 Å². The van der Waals surface area contributed by atoms with Gasteiger partial charge in [0.05, 0.1) is 17.9 Å². The van der Waals surface area contributed by atoms with Gasteiger partial charge in [-0.25, -0.2) is 14.9 Å². The predicted molar refractivity (Wildman–Crippen MR) is 87.4 cm³/mol. The number of fused-ring (bicyclic) bond motifs is 1. The van der Waals surface area contributed by atoms with E-state index in [1.165, 1.54) is 16.8 Å². The first-order valence-electron chi connectivity index (χ1n) is 7.61. The van der Waals surface area contributed by atoms with Gasteiger partial charge in [0.25, 0.3) is 5.91 Å². The van der Waals surface area contributed by atoms with Gasteiger partial charge in [-0.05, 0) is 25.0 Å². The van der Waals surface area contributed by atoms with Crippen LogP contribution in [0, 0.1) is 0 Å². The van der Waals surface area contributed by atoms with Crippen LogP contribution >= 0.6 is 0 Å². The fourth-order valence-corrected chi connectivity index (χ4v) is 3.09. The number of nitrogens with zero attached hydrogens (tertiary/aromatic N) is 3. The van der Waals surface area contributed by atoms with Crippen molar-refractivity contribution in [3.8, 4) is 0 Å². The zero-order valence-corrected chi connectivity index (χ0v) is 13.3. The highest BCUT2D eigenvalue weighted by Crippen LogP contribution is 2.22. The van der Waals surface area contributed by atoms with Crippen molar-refractivity contribution in [1.29, 1.82) is 0 Å². The van der Waals surface area contributed by atoms with Gasteiger partial charge in [-0.15, -0.1) is 0 Å². The van der Waals surface area contributed by atoms with E-state index in [1.54, 1.807) is 0 Å². The zero-order valence-electron chi connectivity index (χ0n) is 13.3. The number of hydrogen-bond donors (Lipinski definition) is 2. The molecule has 0 aromatic carbocycles. The van der Waals surface area contributed by atoms with Crippen LogP contribution in [-0.2, 0) is 20.0 Å². The molecule has 3 rings (SSSR count). The number of rotatable bonds is 2. The molecule has 0 spiro atoms. The third-order valence-electron chi connectivity index (χ3n) is 4.46. The normalized spacial score (nSPS) is 17.2. The van der Waals surface area contributed by atoms with Crippen LogP contribution in [0.25, 0.3) is 0 Å². The Labute approximate surface area is 130 Å². The van der Waals surface area contributed by atoms with Crippen molar-refractivity contribution in [2.45, 2.75) is 33.2 Å². The molecule has 0 saturated carbocycles. The fourth-order valence-electron chi connectivity index (χ4n) is 3.09. The quantitative estimate of drug-likeness (QED) is 0.769. The Bertz CT molecular complexity index is 734. The SMILES string of the molecule is CCC1=C(C)C=[N+]=C(N2CCc3cc(C(N)=O)n(C)c3C2)N1. The lowest BCUT2D eigenvalue weighted by molar-refractivity contribution is 0.0992. The Morgan fingerprint density at radius 2 is 2.27 bits per heavy atom. The number of nitrogens with one attached hydrogen (secondary N) is 1. The molecule has 22 heavy (non-hydrogen) atoms. The van der Waals surface area contributed by atoms with E-state index in [0.29, 0.717) is 5.69 Å². The molecular formula is C16H22N5O+. The summed E-state index contributed by atoms with van der Waals surface area (Å²) in [4.78, 5) is 13.7. The van der Waals surface area contributed by atoms with E-state index in [2.05, 4.69) is 28.7 Å². The van der Waals surface area contributed by atoms with E-state index in [0.717, 1.165) is 37.6 Å². The Hall–Kier alpha value is -2.46. The summed E-state index contributed by atoms with van der Waals surface area (Å²) in [5.41, 5.74) is 10.7. The van der Waals surface area contributed by atoms with Crippen molar-refractivity contribution in [1.82, 2.24) is 19.5 Å². The molecular weight excluding hydrogens is 278 g/mol. The van der Waals surface area contributed by atoms with Crippen molar-refractivity contribution in [2.24, 2.45) is 12.8 Å². The predicted octanol–water partition coefficient (Wildman–Crippen LogP) is 0.263. The van der Waals surface area contributed by atoms with Crippen LogP contribution in [0.1, 0.15) is 42.0 Å². The highest BCUT2D eigenvalue weighted by molar-refractivity contribution is 5.93. The lowest BCUT2D eigenvalue weighted by Crippen LogP contribution is -2.46. The Kier molecular flexibility index (Phi) is 3.54. The van der Waals surface area contributed by atoms with E-state index in [4.69, 9.17) is 5.73 Å². The maximum atomic E-state index is 11.5. The molecule has 0 atom stereocenters. The van der Waals surface area contributed by atoms with Crippen molar-refractivity contribution in [3.05, 3.63) is 34.3 Å². The van der Waals surface area contributed by atoms with Crippen molar-refractivity contribution < 1.29 is 4.79 Å². The summed E-state index contributed by atoms with van der Waals surface area (Å²) < 4.78 is 6.43. The van der Waals surface area contributed by atoms with Crippen LogP contribution in [0.2, 0.25) is 0 Å². The number of guanidine groups is 1. The lowest BCUT2D eigenvalue weighted by Gasteiger charge is -2.24. The Morgan fingerprint density at radius 3 is 2.95 bits per heavy atom. The van der Waals surface area contributed by atoms with Crippen molar-refractivity contribution in [3.63, 3.8) is 0 Å². The smallest absolute Gasteiger partial charge is 0.364 e. The molecule has 3 N–H and O–H groups in total. The van der Waals surface area contributed by atoms with Gasteiger partial charge in [-0.2, -0.15) is 0 Å². The summed E-state index contributed by atoms with van der Waals surface area (Å²) >= 11 is 0. The van der Waals surface area contributed by atoms with E-state index < -0.39 is 0 Å². The van der Waals surface area contributed by atoms with E-state index >= 15 is 0 Å². The number of aromatic nitrogens is 1. The van der Waals surface area contributed by atoms with E-state index in [-0.39, 0.29) is 5.91 Å². The second kappa shape index (κ2) is 5.39. The zero-order chi connectivity index (χ0) is 15.9. The van der Waals surface area contributed by atoms with Crippen LogP contribution in [0.3, 0.4) is 0 Å². The monoisotopic (exact) mass is 300 g/mol. The molecule has 0 saturated heterocycles. The molecule has 6 nitrogen and oxygen atoms in total. The molecule has 2 aliphatic heterocycles. The molecule has 1 aromatic rings. The highest BCUT2D eigenvalue weighted by atomic mass is 16.1. The van der Waals surface area contributed by atoms with Crippen LogP contribution in [0.4, 0.5) is 0 Å². The molecule has 0 fully saturated rings. The van der Waals surface area contributed by atoms with Gasteiger partial charge in [0.2, 0.25) is 0 Å². The first-order valence-corrected chi connectivity index (χ1v) is 7.61. The fraction of sp³-hybridized carbons (Fsp3) is 0.438. The summed E-state index contributed by atoms with van der Waals surface area (Å²) in [7, 11) is 1.90. The van der Waals surface area contributed by atoms with E-state index in [9.17, 15) is 4.79 Å². The summed E-state index contributed by atoms with van der Waals surface area (Å²) in [6.45, 7) is 5.81. The first-order chi connectivity index (χ1) is 10.5. The number of carbonyl (C=O) groups is 1. The Morgan fingerprint density at radius 1 is 1.50 bits per heavy atom. The molecule has 0 aliphatic carbocycles. The lowest BCUT2D eigenvalue weighted by atomic mass is 10.1. The number of nitrogens with two attached hydrogens (primary N) is 1. The third-order valence-corrected chi connectivity index (χ3v) is 4.46. The average Bonchev–Trinajstić information content (AvgIpc) is 2.85. The van der Waals surface area contributed by atoms with Gasteiger partial charge >= 0.3 is 5.96 Å². The molecule has 0 unspecified atom stereocenters. The van der Waals surface area contributed by atoms with Crippen LogP contribution < -0.4 is 15.7 Å². The van der Waals surface area contributed by atoms with Crippen molar-refractivity contribution >= 4 is 18.1 Å². The molecule has 6 heteroatoms. The maximum Gasteiger partial charge on any atom is 0.445 e. The standard InChI is InChI=1S/C16H21N5O/c1-4-12-10(2)8-18-16(19-12)21-6-5-11-7-13(15(17)22)20(3)14(11)9-21/h7-8H,4-6,9H2,1-3H3,(H2,17,22)/p+1. The molecule has 1 aromatic heterocycles. The number of allylic oxidation sites excluding steroid dienone is 2. The Balaban J connectivity index is 1.87. The van der Waals surface area contributed by atoms with Crippen molar-refractivity contribution in [2.75, 3.05) is 6.54 Å². The number of primary amides is 1. The van der Waals surface area contributed by atoms with Crippen LogP contribution in [-0.4, -0.2) is 34.1 Å². The van der Waals surface area contributed by atoms with Crippen LogP contribution in [0.5, 0.6) is 0 Å². The van der Waals surface area contributed by atoms with Crippen LogP contribution in [0.15, 0.2) is 17.3 Å². The summed E-state index contributed by atoms with van der Waals surface area (Å²) in [5.74, 6) is 0.506. The summed E-state index contributed by atoms with van der Waals surface area (Å²) in [6.07, 6.45) is 3.76. The van der Waals surface area contributed by atoms with Gasteiger partial charge in [-0.1, -0.05) is 6.92 Å². The third kappa shape index (κ3) is 2.31. The minimum Gasteiger partial charge on any atom is -0.364 e. The molecule has 3 heterocycles. The number of carbonyl (C=O) groups excluding carboxylic acids is 1. The van der Waals surface area contributed by atoms with Gasteiger partial charge in [0.1, 0.15) is 12.2 Å². The molecule has 2 aliphatic rings. The number of amides is 1. The summed E-state index contributed by atoms with van der Waals surface area (Å²) in [6, 6.07) is 1.92. The summed E-state index contributed by atoms with van der Waals surface area (Å²) in [5, 5.41) is 3.43. The highest BCUT2D eigenvalue weighted by Gasteiger charge is 2.31. The second-order valence-corrected chi connectivity index (χ2v) is 5.82. The largest absolute Gasteiger partial charge is 0.445 e. The molecule has 0 radical (unpaired) electrons. The second-order valence-electron chi connectivity index (χ2n) is 5.82. The van der Waals surface area contributed by atoms with E-state index in [1.807, 2.05) is 23.9 Å². The topological polar surface area (TPSA) is 77.4 Å². The molecule has 116 valence electrons. The minimum absolute atomic E-state index is 0.378. The number of hydrogen-bond acceptors (Lipinski definition) is 3. The average molecular weight is 300 g/mol. The van der Waals surface area contributed by atoms with Gasteiger partial charge < -0.3 is 10.3 Å².